The van der Waals surface area contributed by atoms with Crippen LogP contribution >= 0.6 is 0 Å². The second kappa shape index (κ2) is 8.58. The number of ether oxygens (including phenoxy) is 4. The molecule has 0 heterocycles. The molecule has 0 saturated heterocycles. The van der Waals surface area contributed by atoms with Gasteiger partial charge >= 0.3 is 5.97 Å². The fourth-order valence-electron chi connectivity index (χ4n) is 2.75. The Bertz CT molecular complexity index is 844. The van der Waals surface area contributed by atoms with Crippen LogP contribution in [0.2, 0.25) is 0 Å². The SMILES string of the molecule is COc1cc(C(=O)OCC(=O)c2cc(C)c(C)cc2C)cc(OC)c1OC. The number of rotatable bonds is 7. The predicted octanol–water partition coefficient (Wildman–Crippen LogP) is 3.68. The molecule has 0 N–H and O–H groups in total. The lowest BCUT2D eigenvalue weighted by atomic mass is 9.98. The van der Waals surface area contributed by atoms with Gasteiger partial charge in [-0.3, -0.25) is 4.79 Å². The first-order chi connectivity index (χ1) is 12.8. The molecule has 0 fully saturated rings. The summed E-state index contributed by atoms with van der Waals surface area (Å²) in [6.45, 7) is 5.44. The number of hydrogen-bond donors (Lipinski definition) is 0. The summed E-state index contributed by atoms with van der Waals surface area (Å²) in [5.41, 5.74) is 3.73. The summed E-state index contributed by atoms with van der Waals surface area (Å²) >= 11 is 0. The highest BCUT2D eigenvalue weighted by Crippen LogP contribution is 2.38. The maximum absolute atomic E-state index is 12.5. The number of methoxy groups -OCH3 is 3. The number of carbonyl (C=O) groups excluding carboxylic acids is 2. The fourth-order valence-corrected chi connectivity index (χ4v) is 2.75. The first-order valence-corrected chi connectivity index (χ1v) is 8.40. The van der Waals surface area contributed by atoms with Crippen molar-refractivity contribution in [2.75, 3.05) is 27.9 Å². The zero-order valence-corrected chi connectivity index (χ0v) is 16.5. The Hall–Kier alpha value is -3.02. The Kier molecular flexibility index (Phi) is 6.45. The Morgan fingerprint density at radius 3 is 1.85 bits per heavy atom. The summed E-state index contributed by atoms with van der Waals surface area (Å²) in [5.74, 6) is 0.138. The molecule has 0 aliphatic carbocycles. The van der Waals surface area contributed by atoms with Crippen LogP contribution in [-0.2, 0) is 4.74 Å². The number of aryl methyl sites for hydroxylation is 3. The van der Waals surface area contributed by atoms with E-state index in [1.165, 1.54) is 33.5 Å². The van der Waals surface area contributed by atoms with Gasteiger partial charge in [-0.15, -0.1) is 0 Å². The molecule has 144 valence electrons. The van der Waals surface area contributed by atoms with Crippen molar-refractivity contribution in [3.63, 3.8) is 0 Å². The molecule has 27 heavy (non-hydrogen) atoms. The minimum atomic E-state index is -0.649. The van der Waals surface area contributed by atoms with Crippen molar-refractivity contribution in [2.24, 2.45) is 0 Å². The van der Waals surface area contributed by atoms with Crippen molar-refractivity contribution in [2.45, 2.75) is 20.8 Å². The highest BCUT2D eigenvalue weighted by Gasteiger charge is 2.19. The van der Waals surface area contributed by atoms with Crippen LogP contribution in [0.3, 0.4) is 0 Å². The molecule has 0 aliphatic heterocycles. The molecule has 0 spiro atoms. The quantitative estimate of drug-likeness (QED) is 0.545. The Morgan fingerprint density at radius 1 is 0.778 bits per heavy atom. The van der Waals surface area contributed by atoms with Gasteiger partial charge in [0.15, 0.2) is 18.1 Å². The highest BCUT2D eigenvalue weighted by molar-refractivity contribution is 6.00. The second-order valence-electron chi connectivity index (χ2n) is 6.16. The van der Waals surface area contributed by atoms with E-state index in [1.54, 1.807) is 0 Å². The molecule has 0 radical (unpaired) electrons. The molecule has 0 aromatic heterocycles. The molecule has 6 heteroatoms. The zero-order valence-electron chi connectivity index (χ0n) is 16.5. The Morgan fingerprint density at radius 2 is 1.33 bits per heavy atom. The van der Waals surface area contributed by atoms with Gasteiger partial charge in [-0.05, 0) is 55.7 Å². The van der Waals surface area contributed by atoms with Gasteiger partial charge in [0.2, 0.25) is 11.5 Å². The molecule has 0 atom stereocenters. The molecule has 0 unspecified atom stereocenters. The van der Waals surface area contributed by atoms with Crippen molar-refractivity contribution in [1.29, 1.82) is 0 Å². The van der Waals surface area contributed by atoms with Gasteiger partial charge in [0.05, 0.1) is 26.9 Å². The van der Waals surface area contributed by atoms with Gasteiger partial charge < -0.3 is 18.9 Å². The first-order valence-electron chi connectivity index (χ1n) is 8.40. The van der Waals surface area contributed by atoms with Gasteiger partial charge in [0, 0.05) is 5.56 Å². The topological polar surface area (TPSA) is 71.1 Å². The number of hydrogen-bond acceptors (Lipinski definition) is 6. The van der Waals surface area contributed by atoms with Crippen LogP contribution in [-0.4, -0.2) is 39.7 Å². The largest absolute Gasteiger partial charge is 0.493 e. The van der Waals surface area contributed by atoms with Crippen LogP contribution in [0, 0.1) is 20.8 Å². The Balaban J connectivity index is 2.18. The van der Waals surface area contributed by atoms with E-state index in [2.05, 4.69) is 0 Å². The van der Waals surface area contributed by atoms with Crippen molar-refractivity contribution in [3.8, 4) is 17.2 Å². The molecular formula is C21H24O6. The molecule has 0 amide bonds. The first kappa shape index (κ1) is 20.3. The van der Waals surface area contributed by atoms with E-state index in [1.807, 2.05) is 32.9 Å². The third kappa shape index (κ3) is 4.39. The minimum absolute atomic E-state index is 0.203. The predicted molar refractivity (Wildman–Crippen MR) is 101 cm³/mol. The van der Waals surface area contributed by atoms with E-state index >= 15 is 0 Å². The van der Waals surface area contributed by atoms with Gasteiger partial charge in [-0.2, -0.15) is 0 Å². The maximum atomic E-state index is 12.5. The smallest absolute Gasteiger partial charge is 0.338 e. The third-order valence-corrected chi connectivity index (χ3v) is 4.38. The molecule has 0 saturated carbocycles. The lowest BCUT2D eigenvalue weighted by Crippen LogP contribution is -2.16. The van der Waals surface area contributed by atoms with Crippen LogP contribution < -0.4 is 14.2 Å². The van der Waals surface area contributed by atoms with Crippen molar-refractivity contribution < 1.29 is 28.5 Å². The summed E-state index contributed by atoms with van der Waals surface area (Å²) in [6, 6.07) is 6.73. The highest BCUT2D eigenvalue weighted by atomic mass is 16.5. The van der Waals surface area contributed by atoms with E-state index in [0.29, 0.717) is 22.8 Å². The lowest BCUT2D eigenvalue weighted by Gasteiger charge is -2.14. The summed E-state index contributed by atoms with van der Waals surface area (Å²) in [6.07, 6.45) is 0. The molecule has 2 aromatic carbocycles. The summed E-state index contributed by atoms with van der Waals surface area (Å²) < 4.78 is 20.9. The van der Waals surface area contributed by atoms with Crippen LogP contribution in [0.5, 0.6) is 17.2 Å². The fraction of sp³-hybridized carbons (Fsp3) is 0.333. The number of ketones is 1. The van der Waals surface area contributed by atoms with Gasteiger partial charge in [0.1, 0.15) is 0 Å². The summed E-state index contributed by atoms with van der Waals surface area (Å²) in [5, 5.41) is 0. The maximum Gasteiger partial charge on any atom is 0.338 e. The second-order valence-corrected chi connectivity index (χ2v) is 6.16. The van der Waals surface area contributed by atoms with Crippen molar-refractivity contribution >= 4 is 11.8 Å². The minimum Gasteiger partial charge on any atom is -0.493 e. The third-order valence-electron chi connectivity index (χ3n) is 4.38. The molecule has 2 aromatic rings. The number of Topliss-reactive ketones (excluding diaryl/α,β-unsaturated/α-hetero) is 1. The Labute approximate surface area is 159 Å². The van der Waals surface area contributed by atoms with Gasteiger partial charge in [-0.25, -0.2) is 4.79 Å². The lowest BCUT2D eigenvalue weighted by molar-refractivity contribution is 0.0474. The molecule has 6 nitrogen and oxygen atoms in total. The van der Waals surface area contributed by atoms with Crippen molar-refractivity contribution in [1.82, 2.24) is 0 Å². The van der Waals surface area contributed by atoms with Crippen LogP contribution in [0.4, 0.5) is 0 Å². The van der Waals surface area contributed by atoms with E-state index in [4.69, 9.17) is 18.9 Å². The van der Waals surface area contributed by atoms with E-state index < -0.39 is 5.97 Å². The average molecular weight is 372 g/mol. The average Bonchev–Trinajstić information content (AvgIpc) is 2.67. The standard InChI is InChI=1S/C21H24O6/c1-12-7-14(3)16(8-13(12)2)17(22)11-27-21(23)15-9-18(24-4)20(26-6)19(10-15)25-5/h7-10H,11H2,1-6H3. The summed E-state index contributed by atoms with van der Waals surface area (Å²) in [7, 11) is 4.39. The van der Waals surface area contributed by atoms with Gasteiger partial charge in [-0.1, -0.05) is 6.07 Å². The monoisotopic (exact) mass is 372 g/mol. The van der Waals surface area contributed by atoms with Crippen LogP contribution in [0.25, 0.3) is 0 Å². The van der Waals surface area contributed by atoms with Crippen LogP contribution in [0.15, 0.2) is 24.3 Å². The number of benzene rings is 2. The molecule has 0 aliphatic rings. The molecular weight excluding hydrogens is 348 g/mol. The summed E-state index contributed by atoms with van der Waals surface area (Å²) in [4.78, 5) is 24.9. The van der Waals surface area contributed by atoms with Crippen LogP contribution in [0.1, 0.15) is 37.4 Å². The zero-order chi connectivity index (χ0) is 20.1. The van der Waals surface area contributed by atoms with E-state index in [0.717, 1.165) is 16.7 Å². The molecule has 2 rings (SSSR count). The van der Waals surface area contributed by atoms with E-state index in [-0.39, 0.29) is 18.0 Å². The number of carbonyl (C=O) groups is 2. The van der Waals surface area contributed by atoms with Gasteiger partial charge in [0.25, 0.3) is 0 Å². The van der Waals surface area contributed by atoms with E-state index in [9.17, 15) is 9.59 Å². The normalized spacial score (nSPS) is 10.3. The van der Waals surface area contributed by atoms with Crippen molar-refractivity contribution in [3.05, 3.63) is 52.1 Å². The molecule has 0 bridgehead atoms. The number of esters is 1.